The number of allylic oxidation sites excluding steroid dienone is 8. The van der Waals surface area contributed by atoms with Crippen LogP contribution in [0.4, 0.5) is 0 Å². The minimum absolute atomic E-state index is 0.0434. The van der Waals surface area contributed by atoms with Crippen LogP contribution in [0.2, 0.25) is 0 Å². The quantitative estimate of drug-likeness (QED) is 0.0327. The van der Waals surface area contributed by atoms with E-state index < -0.39 is 99.3 Å². The van der Waals surface area contributed by atoms with E-state index in [2.05, 4.69) is 44.2 Å². The molecule has 2 saturated heterocycles. The first-order valence-electron chi connectivity index (χ1n) is 20.7. The average Bonchev–Trinajstić information content (AvgIpc) is 3.20. The highest BCUT2D eigenvalue weighted by Gasteiger charge is 2.47. The summed E-state index contributed by atoms with van der Waals surface area (Å²) >= 11 is 0. The zero-order valence-electron chi connectivity index (χ0n) is 33.8. The number of rotatable bonds is 29. The lowest BCUT2D eigenvalue weighted by Gasteiger charge is -2.42. The van der Waals surface area contributed by atoms with E-state index in [1.807, 2.05) is 18.2 Å². The van der Waals surface area contributed by atoms with Gasteiger partial charge in [0.1, 0.15) is 55.4 Å². The first kappa shape index (κ1) is 50.6. The SMILES string of the molecule is CC/C=C\C/C=C\C/C=C\C/C=C\CCC(=O)OC(COC(=O)CCCCCCCCCC)COC1OC(COC2OC(CO)C(O)C(O)C2O)C(O)C(O)C1O. The molecule has 11 unspecified atom stereocenters. The summed E-state index contributed by atoms with van der Waals surface area (Å²) in [4.78, 5) is 25.4. The largest absolute Gasteiger partial charge is 0.462 e. The van der Waals surface area contributed by atoms with Gasteiger partial charge in [0.25, 0.3) is 0 Å². The summed E-state index contributed by atoms with van der Waals surface area (Å²) in [5.41, 5.74) is 0. The molecule has 7 N–H and O–H groups in total. The summed E-state index contributed by atoms with van der Waals surface area (Å²) in [6, 6.07) is 0. The van der Waals surface area contributed by atoms with Crippen molar-refractivity contribution in [1.29, 1.82) is 0 Å². The Bertz CT molecular complexity index is 1190. The van der Waals surface area contributed by atoms with E-state index in [4.69, 9.17) is 28.4 Å². The van der Waals surface area contributed by atoms with Crippen LogP contribution < -0.4 is 0 Å². The van der Waals surface area contributed by atoms with Crippen LogP contribution in [0.1, 0.15) is 110 Å². The first-order chi connectivity index (χ1) is 27.5. The molecule has 0 aromatic heterocycles. The van der Waals surface area contributed by atoms with Gasteiger partial charge in [-0.05, 0) is 38.5 Å². The Morgan fingerprint density at radius 2 is 1.11 bits per heavy atom. The molecule has 15 heteroatoms. The van der Waals surface area contributed by atoms with E-state index >= 15 is 0 Å². The predicted molar refractivity (Wildman–Crippen MR) is 210 cm³/mol. The average molecular weight is 815 g/mol. The topological polar surface area (TPSA) is 231 Å². The van der Waals surface area contributed by atoms with Gasteiger partial charge in [-0.15, -0.1) is 0 Å². The molecule has 57 heavy (non-hydrogen) atoms. The monoisotopic (exact) mass is 814 g/mol. The molecule has 15 nitrogen and oxygen atoms in total. The van der Waals surface area contributed by atoms with E-state index in [1.54, 1.807) is 0 Å². The fourth-order valence-corrected chi connectivity index (χ4v) is 6.11. The van der Waals surface area contributed by atoms with Crippen molar-refractivity contribution in [2.75, 3.05) is 26.4 Å². The van der Waals surface area contributed by atoms with Gasteiger partial charge in [-0.3, -0.25) is 9.59 Å². The highest BCUT2D eigenvalue weighted by molar-refractivity contribution is 5.70. The van der Waals surface area contributed by atoms with E-state index in [-0.39, 0.29) is 19.4 Å². The molecular weight excluding hydrogens is 744 g/mol. The van der Waals surface area contributed by atoms with Gasteiger partial charge >= 0.3 is 11.9 Å². The summed E-state index contributed by atoms with van der Waals surface area (Å²) in [7, 11) is 0. The van der Waals surface area contributed by atoms with Crippen molar-refractivity contribution in [3.05, 3.63) is 48.6 Å². The molecule has 0 amide bonds. The van der Waals surface area contributed by atoms with Gasteiger partial charge in [0.2, 0.25) is 0 Å². The molecule has 2 rings (SSSR count). The van der Waals surface area contributed by atoms with Crippen LogP contribution in [-0.4, -0.2) is 142 Å². The zero-order valence-corrected chi connectivity index (χ0v) is 33.8. The van der Waals surface area contributed by atoms with Crippen molar-refractivity contribution in [2.45, 2.75) is 178 Å². The normalized spacial score (nSPS) is 28.9. The van der Waals surface area contributed by atoms with Crippen LogP contribution in [0.15, 0.2) is 48.6 Å². The second-order valence-corrected chi connectivity index (χ2v) is 14.4. The van der Waals surface area contributed by atoms with Crippen molar-refractivity contribution < 1.29 is 73.8 Å². The third-order valence-electron chi connectivity index (χ3n) is 9.58. The lowest BCUT2D eigenvalue weighted by Crippen LogP contribution is -2.61. The first-order valence-corrected chi connectivity index (χ1v) is 20.7. The third kappa shape index (κ3) is 20.3. The van der Waals surface area contributed by atoms with Gasteiger partial charge in [0, 0.05) is 12.8 Å². The fourth-order valence-electron chi connectivity index (χ4n) is 6.11. The Labute approximate surface area is 337 Å². The molecule has 0 saturated carbocycles. The molecule has 2 heterocycles. The van der Waals surface area contributed by atoms with Gasteiger partial charge < -0.3 is 64.2 Å². The lowest BCUT2D eigenvalue weighted by molar-refractivity contribution is -0.332. The maximum Gasteiger partial charge on any atom is 0.306 e. The number of esters is 2. The Balaban J connectivity index is 1.93. The molecule has 328 valence electrons. The molecule has 11 atom stereocenters. The molecular formula is C42H70O15. The van der Waals surface area contributed by atoms with Crippen LogP contribution in [-0.2, 0) is 38.0 Å². The lowest BCUT2D eigenvalue weighted by atomic mass is 9.98. The van der Waals surface area contributed by atoms with Gasteiger partial charge in [0.15, 0.2) is 18.7 Å². The van der Waals surface area contributed by atoms with Gasteiger partial charge in [0.05, 0.1) is 19.8 Å². The van der Waals surface area contributed by atoms with Crippen LogP contribution >= 0.6 is 0 Å². The number of carbonyl (C=O) groups is 2. The Kier molecular flexibility index (Phi) is 27.1. The molecule has 0 aliphatic carbocycles. The number of hydrogen-bond donors (Lipinski definition) is 7. The van der Waals surface area contributed by atoms with Crippen LogP contribution in [0, 0.1) is 0 Å². The molecule has 0 aromatic rings. The molecule has 0 spiro atoms. The van der Waals surface area contributed by atoms with Crippen LogP contribution in [0.3, 0.4) is 0 Å². The molecule has 0 radical (unpaired) electrons. The predicted octanol–water partition coefficient (Wildman–Crippen LogP) is 3.20. The number of hydrogen-bond acceptors (Lipinski definition) is 15. The second-order valence-electron chi connectivity index (χ2n) is 14.4. The van der Waals surface area contributed by atoms with Crippen LogP contribution in [0.25, 0.3) is 0 Å². The van der Waals surface area contributed by atoms with Gasteiger partial charge in [-0.2, -0.15) is 0 Å². The Morgan fingerprint density at radius 3 is 1.70 bits per heavy atom. The minimum Gasteiger partial charge on any atom is -0.462 e. The highest BCUT2D eigenvalue weighted by Crippen LogP contribution is 2.26. The molecule has 0 aromatic carbocycles. The standard InChI is InChI=1S/C42H70O15/c1-3-5-7-9-11-13-14-15-16-17-19-21-23-25-34(45)55-30(27-52-33(44)24-22-20-18-12-10-8-6-4-2)28-53-41-40(51)38(49)36(47)32(57-41)29-54-42-39(50)37(48)35(46)31(26-43)56-42/h5,7,11,13,15-16,19,21,30-32,35-43,46-51H,3-4,6,8-10,12,14,17-18,20,22-29H2,1-2H3/b7-5-,13-11-,16-15-,21-19-. The van der Waals surface area contributed by atoms with Crippen molar-refractivity contribution in [3.63, 3.8) is 0 Å². The van der Waals surface area contributed by atoms with E-state index in [1.165, 1.54) is 25.7 Å². The smallest absolute Gasteiger partial charge is 0.306 e. The minimum atomic E-state index is -1.77. The molecule has 0 bridgehead atoms. The van der Waals surface area contributed by atoms with Gasteiger partial charge in [-0.1, -0.05) is 107 Å². The van der Waals surface area contributed by atoms with E-state index in [0.717, 1.165) is 38.5 Å². The number of aliphatic hydroxyl groups excluding tert-OH is 7. The summed E-state index contributed by atoms with van der Waals surface area (Å²) in [5.74, 6) is -1.03. The van der Waals surface area contributed by atoms with Crippen molar-refractivity contribution >= 4 is 11.9 Å². The second kappa shape index (κ2) is 30.5. The maximum atomic E-state index is 12.8. The third-order valence-corrected chi connectivity index (χ3v) is 9.58. The zero-order chi connectivity index (χ0) is 41.8. The number of carbonyl (C=O) groups excluding carboxylic acids is 2. The summed E-state index contributed by atoms with van der Waals surface area (Å²) < 4.78 is 33.2. The maximum absolute atomic E-state index is 12.8. The summed E-state index contributed by atoms with van der Waals surface area (Å²) in [6.07, 6.45) is 12.1. The number of unbranched alkanes of at least 4 members (excludes halogenated alkanes) is 7. The van der Waals surface area contributed by atoms with Gasteiger partial charge in [-0.25, -0.2) is 0 Å². The number of aliphatic hydroxyl groups is 7. The van der Waals surface area contributed by atoms with Crippen molar-refractivity contribution in [3.8, 4) is 0 Å². The van der Waals surface area contributed by atoms with Crippen LogP contribution in [0.5, 0.6) is 0 Å². The fraction of sp³-hybridized carbons (Fsp3) is 0.762. The molecule has 2 fully saturated rings. The van der Waals surface area contributed by atoms with Crippen molar-refractivity contribution in [1.82, 2.24) is 0 Å². The Hall–Kier alpha value is -2.54. The summed E-state index contributed by atoms with van der Waals surface area (Å²) in [5, 5.41) is 71.6. The molecule has 2 aliphatic rings. The summed E-state index contributed by atoms with van der Waals surface area (Å²) in [6.45, 7) is 2.31. The number of ether oxygens (including phenoxy) is 6. The van der Waals surface area contributed by atoms with Crippen molar-refractivity contribution in [2.24, 2.45) is 0 Å². The highest BCUT2D eigenvalue weighted by atomic mass is 16.7. The van der Waals surface area contributed by atoms with E-state index in [0.29, 0.717) is 19.3 Å². The Morgan fingerprint density at radius 1 is 0.579 bits per heavy atom. The molecule has 2 aliphatic heterocycles. The van der Waals surface area contributed by atoms with E-state index in [9.17, 15) is 45.3 Å².